The van der Waals surface area contributed by atoms with E-state index in [2.05, 4.69) is 41.5 Å². The van der Waals surface area contributed by atoms with Crippen molar-refractivity contribution in [1.29, 1.82) is 0 Å². The first-order valence-electron chi connectivity index (χ1n) is 10.5. The predicted octanol–water partition coefficient (Wildman–Crippen LogP) is 7.72. The van der Waals surface area contributed by atoms with E-state index < -0.39 is 0 Å². The molecule has 0 nitrogen and oxygen atoms in total. The standard InChI is InChI=1S/C22H44/c1-7-9-12-21-13-10-11-20(8-2)14-15-22(16-18(21)5)19(6)17(3)4/h17-22H,7-16H2,1-6H3. The zero-order valence-electron chi connectivity index (χ0n) is 16.5. The predicted molar refractivity (Wildman–Crippen MR) is 101 cm³/mol. The van der Waals surface area contributed by atoms with E-state index in [1.54, 1.807) is 0 Å². The molecule has 1 saturated carbocycles. The van der Waals surface area contributed by atoms with Gasteiger partial charge in [-0.1, -0.05) is 92.9 Å². The lowest BCUT2D eigenvalue weighted by Gasteiger charge is -2.35. The summed E-state index contributed by atoms with van der Waals surface area (Å²) in [4.78, 5) is 0. The molecule has 0 spiro atoms. The van der Waals surface area contributed by atoms with Crippen LogP contribution in [-0.2, 0) is 0 Å². The molecule has 22 heavy (non-hydrogen) atoms. The van der Waals surface area contributed by atoms with Crippen LogP contribution in [0.3, 0.4) is 0 Å². The van der Waals surface area contributed by atoms with Crippen molar-refractivity contribution in [3.63, 3.8) is 0 Å². The van der Waals surface area contributed by atoms with Crippen LogP contribution >= 0.6 is 0 Å². The Bertz CT molecular complexity index is 267. The Morgan fingerprint density at radius 2 is 1.68 bits per heavy atom. The molecule has 0 aromatic carbocycles. The van der Waals surface area contributed by atoms with Crippen LogP contribution < -0.4 is 0 Å². The highest BCUT2D eigenvalue weighted by Crippen LogP contribution is 2.38. The Morgan fingerprint density at radius 1 is 0.955 bits per heavy atom. The van der Waals surface area contributed by atoms with Crippen LogP contribution in [0, 0.1) is 35.5 Å². The van der Waals surface area contributed by atoms with Gasteiger partial charge in [0, 0.05) is 0 Å². The number of unbranched alkanes of at least 4 members (excludes halogenated alkanes) is 1. The lowest BCUT2D eigenvalue weighted by atomic mass is 9.71. The first-order chi connectivity index (χ1) is 10.5. The Labute approximate surface area is 141 Å². The van der Waals surface area contributed by atoms with Crippen molar-refractivity contribution in [2.24, 2.45) is 35.5 Å². The van der Waals surface area contributed by atoms with E-state index in [1.807, 2.05) is 0 Å². The summed E-state index contributed by atoms with van der Waals surface area (Å²) >= 11 is 0. The van der Waals surface area contributed by atoms with Crippen molar-refractivity contribution < 1.29 is 0 Å². The monoisotopic (exact) mass is 308 g/mol. The van der Waals surface area contributed by atoms with Gasteiger partial charge in [0.05, 0.1) is 0 Å². The number of hydrogen-bond donors (Lipinski definition) is 0. The van der Waals surface area contributed by atoms with Crippen molar-refractivity contribution in [3.8, 4) is 0 Å². The molecule has 132 valence electrons. The summed E-state index contributed by atoms with van der Waals surface area (Å²) in [6.07, 6.45) is 14.6. The van der Waals surface area contributed by atoms with Crippen molar-refractivity contribution >= 4 is 0 Å². The highest BCUT2D eigenvalue weighted by molar-refractivity contribution is 4.78. The fourth-order valence-corrected chi connectivity index (χ4v) is 4.66. The summed E-state index contributed by atoms with van der Waals surface area (Å²) in [5, 5.41) is 0. The summed E-state index contributed by atoms with van der Waals surface area (Å²) in [5.41, 5.74) is 0. The van der Waals surface area contributed by atoms with Gasteiger partial charge in [-0.3, -0.25) is 0 Å². The zero-order valence-corrected chi connectivity index (χ0v) is 16.5. The van der Waals surface area contributed by atoms with Gasteiger partial charge < -0.3 is 0 Å². The molecule has 0 bridgehead atoms. The van der Waals surface area contributed by atoms with Gasteiger partial charge in [-0.15, -0.1) is 0 Å². The fourth-order valence-electron chi connectivity index (χ4n) is 4.66. The molecular weight excluding hydrogens is 264 g/mol. The highest BCUT2D eigenvalue weighted by atomic mass is 14.3. The molecule has 0 radical (unpaired) electrons. The largest absolute Gasteiger partial charge is 0.0654 e. The van der Waals surface area contributed by atoms with Crippen LogP contribution in [-0.4, -0.2) is 0 Å². The molecule has 0 N–H and O–H groups in total. The average molecular weight is 309 g/mol. The van der Waals surface area contributed by atoms with Gasteiger partial charge >= 0.3 is 0 Å². The molecule has 0 amide bonds. The van der Waals surface area contributed by atoms with Crippen LogP contribution in [0.25, 0.3) is 0 Å². The highest BCUT2D eigenvalue weighted by Gasteiger charge is 2.27. The maximum Gasteiger partial charge on any atom is -0.0383 e. The third-order valence-electron chi connectivity index (χ3n) is 6.91. The Balaban J connectivity index is 2.76. The van der Waals surface area contributed by atoms with E-state index in [4.69, 9.17) is 0 Å². The molecule has 0 saturated heterocycles. The third kappa shape index (κ3) is 6.63. The van der Waals surface area contributed by atoms with Crippen molar-refractivity contribution in [1.82, 2.24) is 0 Å². The summed E-state index contributed by atoms with van der Waals surface area (Å²) < 4.78 is 0. The van der Waals surface area contributed by atoms with Gasteiger partial charge in [-0.05, 0) is 48.3 Å². The maximum atomic E-state index is 2.57. The molecule has 1 rings (SSSR count). The normalized spacial score (nSPS) is 32.9. The Morgan fingerprint density at radius 3 is 2.27 bits per heavy atom. The number of rotatable bonds is 6. The molecule has 0 aromatic heterocycles. The molecule has 0 heteroatoms. The zero-order chi connectivity index (χ0) is 16.5. The summed E-state index contributed by atoms with van der Waals surface area (Å²) in [7, 11) is 0. The van der Waals surface area contributed by atoms with Crippen molar-refractivity contribution in [2.45, 2.75) is 106 Å². The molecule has 1 aliphatic rings. The summed E-state index contributed by atoms with van der Waals surface area (Å²) in [6.45, 7) is 14.7. The molecule has 0 aromatic rings. The van der Waals surface area contributed by atoms with E-state index in [0.29, 0.717) is 0 Å². The molecule has 0 heterocycles. The molecule has 1 fully saturated rings. The van der Waals surface area contributed by atoms with E-state index in [1.165, 1.54) is 64.2 Å². The van der Waals surface area contributed by atoms with Gasteiger partial charge in [0.1, 0.15) is 0 Å². The SMILES string of the molecule is CCCCC1CCCC(CC)CCC(C(C)C(C)C)CC1C. The van der Waals surface area contributed by atoms with E-state index in [9.17, 15) is 0 Å². The van der Waals surface area contributed by atoms with E-state index in [-0.39, 0.29) is 0 Å². The van der Waals surface area contributed by atoms with Gasteiger partial charge in [-0.2, -0.15) is 0 Å². The minimum atomic E-state index is 0.842. The van der Waals surface area contributed by atoms with Crippen LogP contribution in [0.15, 0.2) is 0 Å². The van der Waals surface area contributed by atoms with Gasteiger partial charge in [0.15, 0.2) is 0 Å². The second kappa shape index (κ2) is 10.7. The third-order valence-corrected chi connectivity index (χ3v) is 6.91. The van der Waals surface area contributed by atoms with Crippen molar-refractivity contribution in [2.75, 3.05) is 0 Å². The first kappa shape index (κ1) is 20.0. The van der Waals surface area contributed by atoms with Crippen LogP contribution in [0.4, 0.5) is 0 Å². The number of hydrogen-bond acceptors (Lipinski definition) is 0. The van der Waals surface area contributed by atoms with Crippen molar-refractivity contribution in [3.05, 3.63) is 0 Å². The Hall–Kier alpha value is 0. The van der Waals surface area contributed by atoms with Crippen LogP contribution in [0.5, 0.6) is 0 Å². The lowest BCUT2D eigenvalue weighted by molar-refractivity contribution is 0.159. The minimum Gasteiger partial charge on any atom is -0.0654 e. The molecule has 0 aliphatic heterocycles. The van der Waals surface area contributed by atoms with E-state index in [0.717, 1.165) is 35.5 Å². The van der Waals surface area contributed by atoms with Gasteiger partial charge in [0.2, 0.25) is 0 Å². The lowest BCUT2D eigenvalue weighted by Crippen LogP contribution is -2.25. The van der Waals surface area contributed by atoms with Crippen LogP contribution in [0.2, 0.25) is 0 Å². The second-order valence-electron chi connectivity index (χ2n) is 8.76. The Kier molecular flexibility index (Phi) is 9.76. The minimum absolute atomic E-state index is 0.842. The maximum absolute atomic E-state index is 2.57. The molecule has 5 unspecified atom stereocenters. The average Bonchev–Trinajstić information content (AvgIpc) is 2.50. The quantitative estimate of drug-likeness (QED) is 0.471. The van der Waals surface area contributed by atoms with Gasteiger partial charge in [-0.25, -0.2) is 0 Å². The smallest absolute Gasteiger partial charge is 0.0383 e. The van der Waals surface area contributed by atoms with E-state index >= 15 is 0 Å². The fraction of sp³-hybridized carbons (Fsp3) is 1.00. The van der Waals surface area contributed by atoms with Gasteiger partial charge in [0.25, 0.3) is 0 Å². The molecule has 1 aliphatic carbocycles. The first-order valence-corrected chi connectivity index (χ1v) is 10.5. The molecule has 5 atom stereocenters. The van der Waals surface area contributed by atoms with Crippen LogP contribution in [0.1, 0.15) is 106 Å². The second-order valence-corrected chi connectivity index (χ2v) is 8.76. The topological polar surface area (TPSA) is 0 Å². The molecular formula is C22H44. The summed E-state index contributed by atoms with van der Waals surface area (Å²) in [6, 6.07) is 0. The summed E-state index contributed by atoms with van der Waals surface area (Å²) in [5.74, 6) is 5.64.